The van der Waals surface area contributed by atoms with Gasteiger partial charge in [0.1, 0.15) is 11.5 Å². The van der Waals surface area contributed by atoms with E-state index in [1.165, 1.54) is 16.8 Å². The fraction of sp³-hybridized carbons (Fsp3) is 0.261. The van der Waals surface area contributed by atoms with Crippen molar-refractivity contribution < 1.29 is 15.0 Å². The van der Waals surface area contributed by atoms with Gasteiger partial charge in [0.2, 0.25) is 0 Å². The van der Waals surface area contributed by atoms with Crippen LogP contribution in [0.25, 0.3) is 5.69 Å². The second-order valence-electron chi connectivity index (χ2n) is 8.39. The van der Waals surface area contributed by atoms with Gasteiger partial charge in [0.15, 0.2) is 0 Å². The van der Waals surface area contributed by atoms with E-state index in [4.69, 9.17) is 0 Å². The van der Waals surface area contributed by atoms with Gasteiger partial charge < -0.3 is 10.2 Å². The molecular formula is C23H26N4O4. The number of phenols is 2. The molecule has 0 atom stereocenters. The third kappa shape index (κ3) is 4.53. The zero-order valence-corrected chi connectivity index (χ0v) is 18.1. The maximum Gasteiger partial charge on any atom is 0.280 e. The van der Waals surface area contributed by atoms with Gasteiger partial charge in [-0.3, -0.25) is 14.7 Å². The number of benzene rings is 2. The summed E-state index contributed by atoms with van der Waals surface area (Å²) in [6, 6.07) is 11.4. The Morgan fingerprint density at radius 2 is 1.74 bits per heavy atom. The molecule has 0 unspecified atom stereocenters. The van der Waals surface area contributed by atoms with Crippen molar-refractivity contribution in [2.24, 2.45) is 5.10 Å². The summed E-state index contributed by atoms with van der Waals surface area (Å²) in [5.74, 6) is -1.19. The van der Waals surface area contributed by atoms with Gasteiger partial charge in [-0.2, -0.15) is 5.10 Å². The van der Waals surface area contributed by atoms with Crippen molar-refractivity contribution in [1.29, 1.82) is 0 Å². The number of aryl methyl sites for hydroxylation is 1. The normalized spacial score (nSPS) is 12.1. The molecule has 162 valence electrons. The number of aromatic nitrogens is 2. The number of aromatic amines is 1. The smallest absolute Gasteiger partial charge is 0.280 e. The summed E-state index contributed by atoms with van der Waals surface area (Å²) in [5, 5.41) is 26.2. The first-order valence-corrected chi connectivity index (χ1v) is 9.78. The number of carbonyl (C=O) groups excluding carboxylic acids is 1. The van der Waals surface area contributed by atoms with Crippen molar-refractivity contribution in [2.75, 3.05) is 0 Å². The Labute approximate surface area is 179 Å². The molecule has 0 radical (unpaired) electrons. The molecule has 3 rings (SSSR count). The van der Waals surface area contributed by atoms with E-state index in [9.17, 15) is 19.8 Å². The van der Waals surface area contributed by atoms with Gasteiger partial charge in [0.05, 0.1) is 22.5 Å². The van der Waals surface area contributed by atoms with Crippen LogP contribution < -0.4 is 11.0 Å². The van der Waals surface area contributed by atoms with Crippen molar-refractivity contribution >= 4 is 11.6 Å². The number of aromatic hydroxyl groups is 2. The first-order valence-electron chi connectivity index (χ1n) is 9.78. The highest BCUT2D eigenvalue weighted by Crippen LogP contribution is 2.23. The van der Waals surface area contributed by atoms with Gasteiger partial charge >= 0.3 is 0 Å². The lowest BCUT2D eigenvalue weighted by Gasteiger charge is -2.19. The molecule has 2 aromatic carbocycles. The maximum atomic E-state index is 13.0. The van der Waals surface area contributed by atoms with Crippen molar-refractivity contribution in [3.05, 3.63) is 75.2 Å². The van der Waals surface area contributed by atoms with Crippen LogP contribution in [0.5, 0.6) is 11.5 Å². The van der Waals surface area contributed by atoms with E-state index < -0.39 is 5.91 Å². The van der Waals surface area contributed by atoms with Crippen molar-refractivity contribution in [2.45, 2.75) is 40.0 Å². The van der Waals surface area contributed by atoms with E-state index in [2.05, 4.69) is 36.4 Å². The highest BCUT2D eigenvalue weighted by atomic mass is 16.3. The molecule has 0 aliphatic heterocycles. The van der Waals surface area contributed by atoms with Gasteiger partial charge in [-0.05, 0) is 49.1 Å². The Morgan fingerprint density at radius 3 is 2.32 bits per heavy atom. The number of carbonyl (C=O) groups is 1. The minimum atomic E-state index is -0.664. The van der Waals surface area contributed by atoms with Gasteiger partial charge in [0.25, 0.3) is 11.5 Å². The Hall–Kier alpha value is -3.81. The first kappa shape index (κ1) is 21.9. The van der Waals surface area contributed by atoms with E-state index in [0.29, 0.717) is 22.7 Å². The van der Waals surface area contributed by atoms with E-state index >= 15 is 0 Å². The summed E-state index contributed by atoms with van der Waals surface area (Å²) >= 11 is 0. The van der Waals surface area contributed by atoms with Crippen LogP contribution in [0.2, 0.25) is 0 Å². The Balaban J connectivity index is 1.87. The average molecular weight is 422 g/mol. The minimum absolute atomic E-state index is 0.00763. The number of phenolic OH excluding ortho intramolecular Hbond substituents is 2. The second-order valence-corrected chi connectivity index (χ2v) is 8.39. The molecule has 0 saturated heterocycles. The molecule has 0 bridgehead atoms. The van der Waals surface area contributed by atoms with Crippen LogP contribution in [0.15, 0.2) is 52.4 Å². The molecule has 0 spiro atoms. The standard InChI is InChI=1S/C23H26N4O4/c1-13(24-25-21(30)18-11-10-17(28)12-19(18)29)20-14(2)26-27(22(20)31)16-8-6-15(7-9-16)23(3,4)5/h6-12,26,28-29H,1-5H3,(H,25,30)/b24-13+. The van der Waals surface area contributed by atoms with Crippen molar-refractivity contribution in [3.8, 4) is 17.2 Å². The third-order valence-corrected chi connectivity index (χ3v) is 4.98. The number of H-pyrrole nitrogens is 1. The van der Waals surface area contributed by atoms with Gasteiger partial charge in [-0.1, -0.05) is 32.9 Å². The third-order valence-electron chi connectivity index (χ3n) is 4.98. The Morgan fingerprint density at radius 1 is 1.10 bits per heavy atom. The topological polar surface area (TPSA) is 120 Å². The van der Waals surface area contributed by atoms with Gasteiger partial charge in [0, 0.05) is 11.8 Å². The molecule has 0 aliphatic rings. The fourth-order valence-corrected chi connectivity index (χ4v) is 3.23. The van der Waals surface area contributed by atoms with Crippen LogP contribution in [-0.2, 0) is 5.41 Å². The number of hydrazone groups is 1. The zero-order valence-electron chi connectivity index (χ0n) is 18.1. The SMILES string of the molecule is C/C(=N\NC(=O)c1ccc(O)cc1O)c1c(C)[nH]n(-c2ccc(C(C)(C)C)cc2)c1=O. The molecule has 0 fully saturated rings. The molecule has 1 amide bonds. The Bertz CT molecular complexity index is 1210. The number of rotatable bonds is 4. The summed E-state index contributed by atoms with van der Waals surface area (Å²) in [6.07, 6.45) is 0. The maximum absolute atomic E-state index is 13.0. The van der Waals surface area contributed by atoms with Crippen molar-refractivity contribution in [1.82, 2.24) is 15.2 Å². The van der Waals surface area contributed by atoms with Crippen LogP contribution in [0.4, 0.5) is 0 Å². The zero-order chi connectivity index (χ0) is 22.9. The summed E-state index contributed by atoms with van der Waals surface area (Å²) in [5.41, 5.74) is 5.12. The molecular weight excluding hydrogens is 396 g/mol. The molecule has 0 aliphatic carbocycles. The molecule has 1 aromatic heterocycles. The minimum Gasteiger partial charge on any atom is -0.508 e. The lowest BCUT2D eigenvalue weighted by atomic mass is 9.87. The Kier molecular flexibility index (Phi) is 5.75. The summed E-state index contributed by atoms with van der Waals surface area (Å²) in [4.78, 5) is 25.3. The second kappa shape index (κ2) is 8.14. The van der Waals surface area contributed by atoms with Crippen LogP contribution in [0, 0.1) is 6.92 Å². The molecule has 31 heavy (non-hydrogen) atoms. The molecule has 8 heteroatoms. The van der Waals surface area contributed by atoms with Gasteiger partial charge in [-0.25, -0.2) is 10.1 Å². The van der Waals surface area contributed by atoms with E-state index in [-0.39, 0.29) is 28.0 Å². The number of amides is 1. The van der Waals surface area contributed by atoms with Gasteiger partial charge in [-0.15, -0.1) is 0 Å². The lowest BCUT2D eigenvalue weighted by Crippen LogP contribution is -2.23. The predicted octanol–water partition coefficient (Wildman–Crippen LogP) is 3.34. The van der Waals surface area contributed by atoms with Crippen LogP contribution in [0.1, 0.15) is 54.9 Å². The van der Waals surface area contributed by atoms with Crippen LogP contribution in [-0.4, -0.2) is 31.6 Å². The number of hydrogen-bond donors (Lipinski definition) is 4. The molecule has 0 saturated carbocycles. The fourth-order valence-electron chi connectivity index (χ4n) is 3.23. The van der Waals surface area contributed by atoms with Crippen LogP contribution in [0.3, 0.4) is 0 Å². The summed E-state index contributed by atoms with van der Waals surface area (Å²) < 4.78 is 1.43. The molecule has 3 aromatic rings. The quantitative estimate of drug-likeness (QED) is 0.381. The predicted molar refractivity (Wildman–Crippen MR) is 119 cm³/mol. The highest BCUT2D eigenvalue weighted by Gasteiger charge is 2.18. The van der Waals surface area contributed by atoms with Crippen LogP contribution >= 0.6 is 0 Å². The number of hydrogen-bond acceptors (Lipinski definition) is 5. The molecule has 4 N–H and O–H groups in total. The lowest BCUT2D eigenvalue weighted by molar-refractivity contribution is 0.0952. The van der Waals surface area contributed by atoms with E-state index in [1.54, 1.807) is 13.8 Å². The first-order chi connectivity index (χ1) is 14.5. The molecule has 1 heterocycles. The highest BCUT2D eigenvalue weighted by molar-refractivity contribution is 6.02. The van der Waals surface area contributed by atoms with E-state index in [0.717, 1.165) is 11.6 Å². The monoisotopic (exact) mass is 422 g/mol. The average Bonchev–Trinajstić information content (AvgIpc) is 2.99. The number of nitrogens with zero attached hydrogens (tertiary/aromatic N) is 2. The van der Waals surface area contributed by atoms with E-state index in [1.807, 2.05) is 24.3 Å². The number of nitrogens with one attached hydrogen (secondary N) is 2. The summed E-state index contributed by atoms with van der Waals surface area (Å²) in [7, 11) is 0. The largest absolute Gasteiger partial charge is 0.508 e. The molecule has 8 nitrogen and oxygen atoms in total. The summed E-state index contributed by atoms with van der Waals surface area (Å²) in [6.45, 7) is 9.73. The van der Waals surface area contributed by atoms with Crippen molar-refractivity contribution in [3.63, 3.8) is 0 Å².